The number of hydrogen-bond donors (Lipinski definition) is 2. The molecule has 0 bridgehead atoms. The molecule has 21 heavy (non-hydrogen) atoms. The van der Waals surface area contributed by atoms with Crippen LogP contribution in [0.1, 0.15) is 49.0 Å². The van der Waals surface area contributed by atoms with Gasteiger partial charge in [0.25, 0.3) is 0 Å². The standard InChI is InChI=1S/C17H26N2O2/c1-12(2)10-15(11-18)19-17(21)9-8-16(20)14-6-4-13(3)5-7-14/h4-7,12,15H,8-11,18H2,1-3H3,(H,19,21). The van der Waals surface area contributed by atoms with E-state index >= 15 is 0 Å². The Morgan fingerprint density at radius 2 is 1.76 bits per heavy atom. The van der Waals surface area contributed by atoms with Crippen molar-refractivity contribution in [1.82, 2.24) is 5.32 Å². The molecule has 1 aromatic rings. The van der Waals surface area contributed by atoms with E-state index in [1.54, 1.807) is 12.1 Å². The fourth-order valence-corrected chi connectivity index (χ4v) is 2.19. The molecular formula is C17H26N2O2. The Balaban J connectivity index is 2.41. The fourth-order valence-electron chi connectivity index (χ4n) is 2.19. The molecule has 1 atom stereocenters. The van der Waals surface area contributed by atoms with E-state index in [0.717, 1.165) is 12.0 Å². The van der Waals surface area contributed by atoms with Crippen molar-refractivity contribution in [2.75, 3.05) is 6.54 Å². The van der Waals surface area contributed by atoms with Crippen LogP contribution in [0.2, 0.25) is 0 Å². The van der Waals surface area contributed by atoms with Gasteiger partial charge in [-0.3, -0.25) is 9.59 Å². The monoisotopic (exact) mass is 290 g/mol. The number of nitrogens with one attached hydrogen (secondary N) is 1. The molecule has 1 rings (SSSR count). The molecule has 0 saturated heterocycles. The molecule has 1 unspecified atom stereocenters. The summed E-state index contributed by atoms with van der Waals surface area (Å²) >= 11 is 0. The minimum Gasteiger partial charge on any atom is -0.352 e. The molecule has 1 amide bonds. The van der Waals surface area contributed by atoms with Gasteiger partial charge in [0.2, 0.25) is 5.91 Å². The molecule has 0 aliphatic carbocycles. The van der Waals surface area contributed by atoms with E-state index in [1.807, 2.05) is 19.1 Å². The van der Waals surface area contributed by atoms with Gasteiger partial charge in [-0.05, 0) is 19.3 Å². The number of Topliss-reactive ketones (excluding diaryl/α,β-unsaturated/α-hetero) is 1. The molecule has 4 nitrogen and oxygen atoms in total. The first-order valence-electron chi connectivity index (χ1n) is 7.51. The third kappa shape index (κ3) is 6.54. The Morgan fingerprint density at radius 1 is 1.14 bits per heavy atom. The number of ketones is 1. The van der Waals surface area contributed by atoms with Crippen molar-refractivity contribution >= 4 is 11.7 Å². The second-order valence-corrected chi connectivity index (χ2v) is 5.92. The van der Waals surface area contributed by atoms with E-state index in [1.165, 1.54) is 0 Å². The highest BCUT2D eigenvalue weighted by Crippen LogP contribution is 2.08. The van der Waals surface area contributed by atoms with Crippen LogP contribution < -0.4 is 11.1 Å². The van der Waals surface area contributed by atoms with E-state index < -0.39 is 0 Å². The van der Waals surface area contributed by atoms with Gasteiger partial charge in [-0.1, -0.05) is 43.7 Å². The quantitative estimate of drug-likeness (QED) is 0.722. The molecule has 0 radical (unpaired) electrons. The first-order valence-corrected chi connectivity index (χ1v) is 7.51. The zero-order valence-corrected chi connectivity index (χ0v) is 13.2. The molecule has 0 fully saturated rings. The van der Waals surface area contributed by atoms with Crippen molar-refractivity contribution in [3.05, 3.63) is 35.4 Å². The summed E-state index contributed by atoms with van der Waals surface area (Å²) in [6.07, 6.45) is 1.29. The van der Waals surface area contributed by atoms with E-state index in [2.05, 4.69) is 19.2 Å². The van der Waals surface area contributed by atoms with Crippen molar-refractivity contribution in [3.8, 4) is 0 Å². The fraction of sp³-hybridized carbons (Fsp3) is 0.529. The molecule has 0 aliphatic heterocycles. The molecular weight excluding hydrogens is 264 g/mol. The number of hydrogen-bond acceptors (Lipinski definition) is 3. The highest BCUT2D eigenvalue weighted by atomic mass is 16.2. The van der Waals surface area contributed by atoms with Crippen molar-refractivity contribution in [3.63, 3.8) is 0 Å². The van der Waals surface area contributed by atoms with E-state index in [4.69, 9.17) is 5.73 Å². The Morgan fingerprint density at radius 3 is 2.29 bits per heavy atom. The minimum absolute atomic E-state index is 0.00157. The Labute approximate surface area is 127 Å². The SMILES string of the molecule is Cc1ccc(C(=O)CCC(=O)NC(CN)CC(C)C)cc1. The van der Waals surface area contributed by atoms with Crippen molar-refractivity contribution in [2.24, 2.45) is 11.7 Å². The van der Waals surface area contributed by atoms with Gasteiger partial charge in [-0.2, -0.15) is 0 Å². The Kier molecular flexibility index (Phi) is 7.09. The van der Waals surface area contributed by atoms with Crippen LogP contribution in [0.5, 0.6) is 0 Å². The number of carbonyl (C=O) groups is 2. The first kappa shape index (κ1) is 17.4. The van der Waals surface area contributed by atoms with Crippen LogP contribution in [0, 0.1) is 12.8 Å². The summed E-state index contributed by atoms with van der Waals surface area (Å²) < 4.78 is 0. The van der Waals surface area contributed by atoms with Crippen molar-refractivity contribution < 1.29 is 9.59 Å². The topological polar surface area (TPSA) is 72.2 Å². The second kappa shape index (κ2) is 8.57. The number of rotatable bonds is 8. The zero-order chi connectivity index (χ0) is 15.8. The zero-order valence-electron chi connectivity index (χ0n) is 13.2. The lowest BCUT2D eigenvalue weighted by Gasteiger charge is -2.18. The summed E-state index contributed by atoms with van der Waals surface area (Å²) in [5.74, 6) is 0.373. The maximum atomic E-state index is 12.0. The third-order valence-corrected chi connectivity index (χ3v) is 3.36. The first-order chi connectivity index (χ1) is 9.92. The largest absolute Gasteiger partial charge is 0.352 e. The number of carbonyl (C=O) groups excluding carboxylic acids is 2. The van der Waals surface area contributed by atoms with Gasteiger partial charge < -0.3 is 11.1 Å². The Hall–Kier alpha value is -1.68. The van der Waals surface area contributed by atoms with Crippen LogP contribution in [0.15, 0.2) is 24.3 Å². The maximum absolute atomic E-state index is 12.0. The predicted octanol–water partition coefficient (Wildman–Crippen LogP) is 2.45. The maximum Gasteiger partial charge on any atom is 0.220 e. The highest BCUT2D eigenvalue weighted by molar-refractivity contribution is 5.97. The predicted molar refractivity (Wildman–Crippen MR) is 85.2 cm³/mol. The molecule has 0 heterocycles. The molecule has 116 valence electrons. The molecule has 3 N–H and O–H groups in total. The van der Waals surface area contributed by atoms with Crippen LogP contribution in [-0.4, -0.2) is 24.3 Å². The van der Waals surface area contributed by atoms with Crippen LogP contribution >= 0.6 is 0 Å². The van der Waals surface area contributed by atoms with Crippen LogP contribution in [0.4, 0.5) is 0 Å². The molecule has 0 aromatic heterocycles. The molecule has 0 saturated carbocycles. The summed E-state index contributed by atoms with van der Waals surface area (Å²) in [6, 6.07) is 7.40. The number of nitrogens with two attached hydrogens (primary N) is 1. The average Bonchev–Trinajstić information content (AvgIpc) is 2.44. The lowest BCUT2D eigenvalue weighted by Crippen LogP contribution is -2.41. The molecule has 0 spiro atoms. The number of aryl methyl sites for hydroxylation is 1. The summed E-state index contributed by atoms with van der Waals surface area (Å²) in [4.78, 5) is 23.9. The number of amides is 1. The average molecular weight is 290 g/mol. The van der Waals surface area contributed by atoms with Gasteiger partial charge in [-0.25, -0.2) is 0 Å². The van der Waals surface area contributed by atoms with Gasteiger partial charge in [0, 0.05) is 31.0 Å². The summed E-state index contributed by atoms with van der Waals surface area (Å²) in [7, 11) is 0. The summed E-state index contributed by atoms with van der Waals surface area (Å²) in [5.41, 5.74) is 7.42. The minimum atomic E-state index is -0.105. The van der Waals surface area contributed by atoms with Gasteiger partial charge in [0.1, 0.15) is 0 Å². The van der Waals surface area contributed by atoms with Gasteiger partial charge in [0.05, 0.1) is 0 Å². The molecule has 0 aliphatic rings. The van der Waals surface area contributed by atoms with Crippen LogP contribution in [0.3, 0.4) is 0 Å². The third-order valence-electron chi connectivity index (χ3n) is 3.36. The van der Waals surface area contributed by atoms with Crippen LogP contribution in [-0.2, 0) is 4.79 Å². The summed E-state index contributed by atoms with van der Waals surface area (Å²) in [5, 5.41) is 2.90. The lowest BCUT2D eigenvalue weighted by atomic mass is 10.0. The normalized spacial score (nSPS) is 12.2. The molecule has 1 aromatic carbocycles. The lowest BCUT2D eigenvalue weighted by molar-refractivity contribution is -0.121. The van der Waals surface area contributed by atoms with E-state index in [9.17, 15) is 9.59 Å². The van der Waals surface area contributed by atoms with Gasteiger partial charge in [-0.15, -0.1) is 0 Å². The summed E-state index contributed by atoms with van der Waals surface area (Å²) in [6.45, 7) is 6.59. The van der Waals surface area contributed by atoms with E-state index in [0.29, 0.717) is 18.0 Å². The highest BCUT2D eigenvalue weighted by Gasteiger charge is 2.14. The number of benzene rings is 1. The smallest absolute Gasteiger partial charge is 0.220 e. The van der Waals surface area contributed by atoms with Gasteiger partial charge >= 0.3 is 0 Å². The Bertz CT molecular complexity index is 466. The second-order valence-electron chi connectivity index (χ2n) is 5.92. The van der Waals surface area contributed by atoms with Crippen molar-refractivity contribution in [1.29, 1.82) is 0 Å². The van der Waals surface area contributed by atoms with Gasteiger partial charge in [0.15, 0.2) is 5.78 Å². The van der Waals surface area contributed by atoms with Crippen molar-refractivity contribution in [2.45, 2.75) is 46.1 Å². The van der Waals surface area contributed by atoms with E-state index in [-0.39, 0.29) is 30.6 Å². The van der Waals surface area contributed by atoms with Crippen LogP contribution in [0.25, 0.3) is 0 Å². The molecule has 4 heteroatoms.